The van der Waals surface area contributed by atoms with Gasteiger partial charge in [0.2, 0.25) is 0 Å². The lowest BCUT2D eigenvalue weighted by Gasteiger charge is -2.18. The first kappa shape index (κ1) is 17.8. The normalized spacial score (nSPS) is 13.0. The van der Waals surface area contributed by atoms with Gasteiger partial charge in [-0.25, -0.2) is 0 Å². The van der Waals surface area contributed by atoms with Crippen LogP contribution in [0.15, 0.2) is 24.3 Å². The minimum atomic E-state index is -4.34. The van der Waals surface area contributed by atoms with Crippen LogP contribution in [0.3, 0.4) is 0 Å². The topological polar surface area (TPSA) is 38.3 Å². The van der Waals surface area contributed by atoms with Crippen molar-refractivity contribution in [2.75, 3.05) is 25.7 Å². The maximum Gasteiger partial charge on any atom is 0.416 e. The third-order valence-corrected chi connectivity index (χ3v) is 3.99. The summed E-state index contributed by atoms with van der Waals surface area (Å²) in [5.74, 6) is 0.862. The molecule has 0 saturated heterocycles. The number of methoxy groups -OCH3 is 1. The van der Waals surface area contributed by atoms with E-state index in [9.17, 15) is 18.0 Å². The molecule has 0 aromatic heterocycles. The standard InChI is InChI=1S/C14H18F3NO2S/c1-18-12(9-21-7-6-13(19)20-2)10-4-3-5-11(8-10)14(15,16)17/h3-5,8,12,18H,6-7,9H2,1-2H3. The average Bonchev–Trinajstić information content (AvgIpc) is 2.46. The van der Waals surface area contributed by atoms with Gasteiger partial charge in [-0.05, 0) is 24.7 Å². The zero-order chi connectivity index (χ0) is 15.9. The number of carbonyl (C=O) groups excluding carboxylic acids is 1. The molecule has 0 radical (unpaired) electrons. The molecule has 0 saturated carbocycles. The number of hydrogen-bond donors (Lipinski definition) is 1. The molecule has 1 N–H and O–H groups in total. The van der Waals surface area contributed by atoms with E-state index in [2.05, 4.69) is 10.1 Å². The van der Waals surface area contributed by atoms with Gasteiger partial charge in [-0.3, -0.25) is 4.79 Å². The van der Waals surface area contributed by atoms with Gasteiger partial charge in [0.1, 0.15) is 0 Å². The molecule has 1 unspecified atom stereocenters. The number of rotatable bonds is 7. The largest absolute Gasteiger partial charge is 0.469 e. The molecule has 0 aliphatic rings. The Bertz CT molecular complexity index is 466. The van der Waals surface area contributed by atoms with Crippen molar-refractivity contribution in [1.82, 2.24) is 5.32 Å². The van der Waals surface area contributed by atoms with E-state index < -0.39 is 11.7 Å². The molecule has 0 aliphatic carbocycles. The highest BCUT2D eigenvalue weighted by molar-refractivity contribution is 7.99. The van der Waals surface area contributed by atoms with Crippen molar-refractivity contribution in [3.8, 4) is 0 Å². The van der Waals surface area contributed by atoms with Crippen molar-refractivity contribution in [3.05, 3.63) is 35.4 Å². The minimum Gasteiger partial charge on any atom is -0.469 e. The fourth-order valence-corrected chi connectivity index (χ4v) is 2.81. The van der Waals surface area contributed by atoms with Crippen molar-refractivity contribution < 1.29 is 22.7 Å². The third kappa shape index (κ3) is 5.97. The van der Waals surface area contributed by atoms with E-state index in [0.29, 0.717) is 23.5 Å². The Morgan fingerprint density at radius 1 is 1.43 bits per heavy atom. The minimum absolute atomic E-state index is 0.199. The summed E-state index contributed by atoms with van der Waals surface area (Å²) in [6.45, 7) is 0. The fraction of sp³-hybridized carbons (Fsp3) is 0.500. The van der Waals surface area contributed by atoms with Gasteiger partial charge in [-0.1, -0.05) is 12.1 Å². The zero-order valence-electron chi connectivity index (χ0n) is 11.9. The van der Waals surface area contributed by atoms with Crippen LogP contribution in [0.25, 0.3) is 0 Å². The number of halogens is 3. The molecule has 1 atom stereocenters. The lowest BCUT2D eigenvalue weighted by atomic mass is 10.1. The lowest BCUT2D eigenvalue weighted by Crippen LogP contribution is -2.20. The summed E-state index contributed by atoms with van der Waals surface area (Å²) in [7, 11) is 3.03. The van der Waals surface area contributed by atoms with E-state index in [4.69, 9.17) is 0 Å². The highest BCUT2D eigenvalue weighted by Gasteiger charge is 2.30. The second-order valence-electron chi connectivity index (χ2n) is 4.37. The average molecular weight is 321 g/mol. The molecule has 0 heterocycles. The Morgan fingerprint density at radius 3 is 2.71 bits per heavy atom. The number of carbonyl (C=O) groups is 1. The summed E-state index contributed by atoms with van der Waals surface area (Å²) in [4.78, 5) is 11.0. The second kappa shape index (κ2) is 8.29. The van der Waals surface area contributed by atoms with Gasteiger partial charge in [0.05, 0.1) is 19.1 Å². The van der Waals surface area contributed by atoms with E-state index >= 15 is 0 Å². The summed E-state index contributed by atoms with van der Waals surface area (Å²) in [6.07, 6.45) is -4.05. The smallest absolute Gasteiger partial charge is 0.416 e. The summed E-state index contributed by atoms with van der Waals surface area (Å²) >= 11 is 1.49. The molecule has 21 heavy (non-hydrogen) atoms. The monoisotopic (exact) mass is 321 g/mol. The first-order valence-electron chi connectivity index (χ1n) is 6.37. The highest BCUT2D eigenvalue weighted by atomic mass is 32.2. The molecule has 0 spiro atoms. The molecule has 0 bridgehead atoms. The van der Waals surface area contributed by atoms with Crippen LogP contribution < -0.4 is 5.32 Å². The number of nitrogens with one attached hydrogen (secondary N) is 1. The van der Waals surface area contributed by atoms with Crippen LogP contribution >= 0.6 is 11.8 Å². The number of benzene rings is 1. The number of thioether (sulfide) groups is 1. The number of hydrogen-bond acceptors (Lipinski definition) is 4. The molecule has 118 valence electrons. The van der Waals surface area contributed by atoms with Gasteiger partial charge in [0.15, 0.2) is 0 Å². The Labute approximate surface area is 126 Å². The van der Waals surface area contributed by atoms with Crippen molar-refractivity contribution in [1.29, 1.82) is 0 Å². The number of ether oxygens (including phenoxy) is 1. The molecule has 1 aromatic rings. The molecule has 0 amide bonds. The molecule has 7 heteroatoms. The van der Waals surface area contributed by atoms with Crippen LogP contribution in [0.4, 0.5) is 13.2 Å². The summed E-state index contributed by atoms with van der Waals surface area (Å²) in [5.41, 5.74) is -0.0716. The van der Waals surface area contributed by atoms with E-state index in [1.54, 1.807) is 13.1 Å². The molecule has 0 aliphatic heterocycles. The van der Waals surface area contributed by atoms with Gasteiger partial charge >= 0.3 is 12.1 Å². The van der Waals surface area contributed by atoms with Crippen molar-refractivity contribution in [3.63, 3.8) is 0 Å². The summed E-state index contributed by atoms with van der Waals surface area (Å²) in [6, 6.07) is 5.08. The Hall–Kier alpha value is -1.21. The van der Waals surface area contributed by atoms with Gasteiger partial charge < -0.3 is 10.1 Å². The van der Waals surface area contributed by atoms with Crippen molar-refractivity contribution in [2.24, 2.45) is 0 Å². The molecule has 1 rings (SSSR count). The SMILES string of the molecule is CNC(CSCCC(=O)OC)c1cccc(C(F)(F)F)c1. The summed E-state index contributed by atoms with van der Waals surface area (Å²) in [5, 5.41) is 2.99. The van der Waals surface area contributed by atoms with Gasteiger partial charge in [0.25, 0.3) is 0 Å². The Morgan fingerprint density at radius 2 is 2.14 bits per heavy atom. The first-order valence-corrected chi connectivity index (χ1v) is 7.53. The van der Waals surface area contributed by atoms with Gasteiger partial charge in [-0.2, -0.15) is 24.9 Å². The van der Waals surface area contributed by atoms with E-state index in [1.165, 1.54) is 24.9 Å². The van der Waals surface area contributed by atoms with Crippen LogP contribution in [0.5, 0.6) is 0 Å². The number of alkyl halides is 3. The maximum absolute atomic E-state index is 12.7. The van der Waals surface area contributed by atoms with Crippen molar-refractivity contribution >= 4 is 17.7 Å². The second-order valence-corrected chi connectivity index (χ2v) is 5.52. The highest BCUT2D eigenvalue weighted by Crippen LogP contribution is 2.31. The molecule has 1 aromatic carbocycles. The first-order chi connectivity index (χ1) is 9.88. The molecule has 0 fully saturated rings. The van der Waals surface area contributed by atoms with Gasteiger partial charge in [0, 0.05) is 17.5 Å². The van der Waals surface area contributed by atoms with Crippen LogP contribution in [-0.4, -0.2) is 31.6 Å². The predicted octanol–water partition coefficient (Wildman–Crippen LogP) is 3.26. The Kier molecular flexibility index (Phi) is 7.04. The lowest BCUT2D eigenvalue weighted by molar-refractivity contribution is -0.140. The zero-order valence-corrected chi connectivity index (χ0v) is 12.7. The molecular formula is C14H18F3NO2S. The van der Waals surface area contributed by atoms with Crippen LogP contribution in [0, 0.1) is 0 Å². The quantitative estimate of drug-likeness (QED) is 0.618. The fourth-order valence-electron chi connectivity index (χ4n) is 1.74. The van der Waals surface area contributed by atoms with E-state index in [1.807, 2.05) is 0 Å². The van der Waals surface area contributed by atoms with Crippen LogP contribution in [0.2, 0.25) is 0 Å². The summed E-state index contributed by atoms with van der Waals surface area (Å²) < 4.78 is 42.6. The maximum atomic E-state index is 12.7. The predicted molar refractivity (Wildman–Crippen MR) is 77.2 cm³/mol. The third-order valence-electron chi connectivity index (χ3n) is 2.93. The van der Waals surface area contributed by atoms with Crippen LogP contribution in [-0.2, 0) is 15.7 Å². The molecular weight excluding hydrogens is 303 g/mol. The van der Waals surface area contributed by atoms with E-state index in [0.717, 1.165) is 12.1 Å². The van der Waals surface area contributed by atoms with E-state index in [-0.39, 0.29) is 12.0 Å². The van der Waals surface area contributed by atoms with Crippen molar-refractivity contribution in [2.45, 2.75) is 18.6 Å². The number of esters is 1. The van der Waals surface area contributed by atoms with Gasteiger partial charge in [-0.15, -0.1) is 0 Å². The Balaban J connectivity index is 2.62. The molecule has 3 nitrogen and oxygen atoms in total. The van der Waals surface area contributed by atoms with Crippen LogP contribution in [0.1, 0.15) is 23.6 Å².